The van der Waals surface area contributed by atoms with E-state index in [1.807, 2.05) is 27.7 Å². The molecule has 0 aliphatic rings. The zero-order valence-electron chi connectivity index (χ0n) is 13.3. The van der Waals surface area contributed by atoms with Gasteiger partial charge in [-0.25, -0.2) is 0 Å². The molecule has 1 rings (SSSR count). The molecule has 1 aromatic heterocycles. The van der Waals surface area contributed by atoms with Crippen molar-refractivity contribution >= 4 is 29.1 Å². The Morgan fingerprint density at radius 1 is 1.23 bits per heavy atom. The van der Waals surface area contributed by atoms with Crippen molar-refractivity contribution in [3.63, 3.8) is 0 Å². The van der Waals surface area contributed by atoms with Gasteiger partial charge in [-0.05, 0) is 39.1 Å². The number of thiophene rings is 1. The van der Waals surface area contributed by atoms with Gasteiger partial charge >= 0.3 is 5.97 Å². The lowest BCUT2D eigenvalue weighted by Gasteiger charge is -2.30. The van der Waals surface area contributed by atoms with Crippen molar-refractivity contribution in [3.05, 3.63) is 22.4 Å². The maximum Gasteiger partial charge on any atom is 0.325 e. The molecule has 122 valence electrons. The van der Waals surface area contributed by atoms with Gasteiger partial charge in [-0.2, -0.15) is 0 Å². The molecule has 2 amide bonds. The average Bonchev–Trinajstić information content (AvgIpc) is 2.95. The van der Waals surface area contributed by atoms with Gasteiger partial charge < -0.3 is 15.0 Å². The van der Waals surface area contributed by atoms with E-state index in [0.717, 1.165) is 0 Å². The van der Waals surface area contributed by atoms with E-state index in [4.69, 9.17) is 4.74 Å². The van der Waals surface area contributed by atoms with Gasteiger partial charge in [0.1, 0.15) is 6.54 Å². The Hall–Kier alpha value is -1.89. The van der Waals surface area contributed by atoms with Gasteiger partial charge in [-0.3, -0.25) is 14.4 Å². The fourth-order valence-corrected chi connectivity index (χ4v) is 2.73. The molecule has 0 aliphatic heterocycles. The third-order valence-corrected chi connectivity index (χ3v) is 3.76. The van der Waals surface area contributed by atoms with Crippen molar-refractivity contribution in [2.24, 2.45) is 0 Å². The van der Waals surface area contributed by atoms with E-state index in [1.165, 1.54) is 11.3 Å². The minimum Gasteiger partial charge on any atom is -0.454 e. The fourth-order valence-electron chi connectivity index (χ4n) is 2.09. The monoisotopic (exact) mass is 326 g/mol. The molecule has 0 spiro atoms. The van der Waals surface area contributed by atoms with Crippen LogP contribution in [0.3, 0.4) is 0 Å². The summed E-state index contributed by atoms with van der Waals surface area (Å²) < 4.78 is 4.91. The third-order valence-electron chi connectivity index (χ3n) is 2.90. The van der Waals surface area contributed by atoms with E-state index in [-0.39, 0.29) is 37.0 Å². The Bertz CT molecular complexity index is 504. The first-order valence-corrected chi connectivity index (χ1v) is 7.99. The van der Waals surface area contributed by atoms with Gasteiger partial charge in [0.25, 0.3) is 11.8 Å². The zero-order valence-corrected chi connectivity index (χ0v) is 14.1. The number of nitrogens with zero attached hydrogens (tertiary/aromatic N) is 1. The summed E-state index contributed by atoms with van der Waals surface area (Å²) >= 11 is 1.29. The molecule has 0 bridgehead atoms. The SMILES string of the molecule is CC(C)N(C(=O)COC(=O)CNC(=O)c1cccs1)C(C)C. The number of ether oxygens (including phenoxy) is 1. The molecule has 7 heteroatoms. The Morgan fingerprint density at radius 2 is 1.86 bits per heavy atom. The maximum absolute atomic E-state index is 12.0. The molecule has 0 fully saturated rings. The summed E-state index contributed by atoms with van der Waals surface area (Å²) in [4.78, 5) is 37.4. The number of carbonyl (C=O) groups is 3. The molecular weight excluding hydrogens is 304 g/mol. The summed E-state index contributed by atoms with van der Waals surface area (Å²) in [6, 6.07) is 3.48. The van der Waals surface area contributed by atoms with Crippen molar-refractivity contribution in [2.45, 2.75) is 39.8 Å². The molecular formula is C15H22N2O4S. The van der Waals surface area contributed by atoms with Gasteiger partial charge in [0.15, 0.2) is 6.61 Å². The van der Waals surface area contributed by atoms with Crippen LogP contribution in [0.5, 0.6) is 0 Å². The number of hydrogen-bond acceptors (Lipinski definition) is 5. The highest BCUT2D eigenvalue weighted by molar-refractivity contribution is 7.12. The van der Waals surface area contributed by atoms with Crippen molar-refractivity contribution in [1.82, 2.24) is 10.2 Å². The zero-order chi connectivity index (χ0) is 16.7. The summed E-state index contributed by atoms with van der Waals surface area (Å²) in [6.45, 7) is 7.04. The standard InChI is InChI=1S/C15H22N2O4S/c1-10(2)17(11(3)4)13(18)9-21-14(19)8-16-15(20)12-6-5-7-22-12/h5-7,10-11H,8-9H2,1-4H3,(H,16,20). The van der Waals surface area contributed by atoms with E-state index >= 15 is 0 Å². The lowest BCUT2D eigenvalue weighted by atomic mass is 10.2. The molecule has 1 aromatic rings. The number of rotatable bonds is 7. The highest BCUT2D eigenvalue weighted by Crippen LogP contribution is 2.07. The van der Waals surface area contributed by atoms with Crippen LogP contribution in [0.15, 0.2) is 17.5 Å². The van der Waals surface area contributed by atoms with Gasteiger partial charge in [0, 0.05) is 12.1 Å². The van der Waals surface area contributed by atoms with Crippen molar-refractivity contribution in [3.8, 4) is 0 Å². The van der Waals surface area contributed by atoms with Gasteiger partial charge in [-0.1, -0.05) is 6.07 Å². The Kier molecular flexibility index (Phi) is 7.04. The predicted molar refractivity (Wildman–Crippen MR) is 84.7 cm³/mol. The topological polar surface area (TPSA) is 75.7 Å². The maximum atomic E-state index is 12.0. The van der Waals surface area contributed by atoms with Gasteiger partial charge in [-0.15, -0.1) is 11.3 Å². The number of carbonyl (C=O) groups excluding carboxylic acids is 3. The molecule has 0 atom stereocenters. The molecule has 6 nitrogen and oxygen atoms in total. The largest absolute Gasteiger partial charge is 0.454 e. The Morgan fingerprint density at radius 3 is 2.36 bits per heavy atom. The highest BCUT2D eigenvalue weighted by atomic mass is 32.1. The minimum atomic E-state index is -0.634. The molecule has 1 heterocycles. The Balaban J connectivity index is 2.36. The van der Waals surface area contributed by atoms with Crippen LogP contribution < -0.4 is 5.32 Å². The second-order valence-electron chi connectivity index (χ2n) is 5.31. The first-order chi connectivity index (χ1) is 10.3. The molecule has 0 saturated carbocycles. The van der Waals surface area contributed by atoms with E-state index in [9.17, 15) is 14.4 Å². The molecule has 22 heavy (non-hydrogen) atoms. The van der Waals surface area contributed by atoms with Crippen LogP contribution in [0.25, 0.3) is 0 Å². The molecule has 0 aromatic carbocycles. The molecule has 0 aliphatic carbocycles. The first-order valence-electron chi connectivity index (χ1n) is 7.11. The van der Waals surface area contributed by atoms with Crippen molar-refractivity contribution in [2.75, 3.05) is 13.2 Å². The molecule has 1 N–H and O–H groups in total. The van der Waals surface area contributed by atoms with Crippen LogP contribution >= 0.6 is 11.3 Å². The van der Waals surface area contributed by atoms with E-state index in [2.05, 4.69) is 5.32 Å². The average molecular weight is 326 g/mol. The van der Waals surface area contributed by atoms with Crippen LogP contribution in [0.4, 0.5) is 0 Å². The van der Waals surface area contributed by atoms with Crippen LogP contribution in [0.1, 0.15) is 37.4 Å². The molecule has 0 radical (unpaired) electrons. The second kappa shape index (κ2) is 8.53. The Labute approximate surface area is 134 Å². The van der Waals surface area contributed by atoms with Crippen LogP contribution in [0, 0.1) is 0 Å². The normalized spacial score (nSPS) is 10.6. The van der Waals surface area contributed by atoms with Gasteiger partial charge in [0.05, 0.1) is 4.88 Å². The third kappa shape index (κ3) is 5.48. The van der Waals surface area contributed by atoms with Gasteiger partial charge in [0.2, 0.25) is 0 Å². The number of hydrogen-bond donors (Lipinski definition) is 1. The highest BCUT2D eigenvalue weighted by Gasteiger charge is 2.21. The molecule has 0 unspecified atom stereocenters. The van der Waals surface area contributed by atoms with E-state index in [1.54, 1.807) is 22.4 Å². The lowest BCUT2D eigenvalue weighted by molar-refractivity contribution is -0.152. The number of amides is 2. The number of nitrogens with one attached hydrogen (secondary N) is 1. The lowest BCUT2D eigenvalue weighted by Crippen LogP contribution is -2.44. The first kappa shape index (κ1) is 18.2. The van der Waals surface area contributed by atoms with Crippen LogP contribution in [0.2, 0.25) is 0 Å². The summed E-state index contributed by atoms with van der Waals surface area (Å²) in [7, 11) is 0. The van der Waals surface area contributed by atoms with Crippen LogP contribution in [-0.4, -0.2) is 47.9 Å². The van der Waals surface area contributed by atoms with Crippen molar-refractivity contribution < 1.29 is 19.1 Å². The summed E-state index contributed by atoms with van der Waals surface area (Å²) in [6.07, 6.45) is 0. The quantitative estimate of drug-likeness (QED) is 0.773. The smallest absolute Gasteiger partial charge is 0.325 e. The minimum absolute atomic E-state index is 0.0322. The second-order valence-corrected chi connectivity index (χ2v) is 6.26. The molecule has 0 saturated heterocycles. The van der Waals surface area contributed by atoms with E-state index < -0.39 is 5.97 Å². The van der Waals surface area contributed by atoms with Crippen LogP contribution in [-0.2, 0) is 14.3 Å². The number of esters is 1. The summed E-state index contributed by atoms with van der Waals surface area (Å²) in [5.74, 6) is -1.21. The van der Waals surface area contributed by atoms with Crippen molar-refractivity contribution in [1.29, 1.82) is 0 Å². The van der Waals surface area contributed by atoms with E-state index in [0.29, 0.717) is 4.88 Å². The fraction of sp³-hybridized carbons (Fsp3) is 0.533. The summed E-state index contributed by atoms with van der Waals surface area (Å²) in [5, 5.41) is 4.23. The summed E-state index contributed by atoms with van der Waals surface area (Å²) in [5.41, 5.74) is 0. The predicted octanol–water partition coefficient (Wildman–Crippen LogP) is 1.67.